The minimum Gasteiger partial charge on any atom is -0.412 e. The fourth-order valence-electron chi connectivity index (χ4n) is 1.46. The lowest BCUT2D eigenvalue weighted by Gasteiger charge is -2.24. The van der Waals surface area contributed by atoms with Gasteiger partial charge in [-0.15, -0.1) is 0 Å². The van der Waals surface area contributed by atoms with Gasteiger partial charge in [-0.05, 0) is 32.0 Å². The van der Waals surface area contributed by atoms with Crippen LogP contribution in [0.25, 0.3) is 0 Å². The number of hydrogen-bond acceptors (Lipinski definition) is 2. The van der Waals surface area contributed by atoms with Crippen LogP contribution in [0, 0.1) is 0 Å². The highest BCUT2D eigenvalue weighted by atomic mass is 16.1. The Bertz CT molecular complexity index is 174. The van der Waals surface area contributed by atoms with Crippen molar-refractivity contribution in [1.29, 1.82) is 0 Å². The van der Waals surface area contributed by atoms with Crippen molar-refractivity contribution >= 4 is 5.91 Å². The van der Waals surface area contributed by atoms with Gasteiger partial charge in [-0.25, -0.2) is 0 Å². The number of likely N-dealkylation sites (tertiary alicyclic amines) is 1. The van der Waals surface area contributed by atoms with Crippen molar-refractivity contribution in [1.82, 2.24) is 4.90 Å². The number of amides is 1. The van der Waals surface area contributed by atoms with Crippen molar-refractivity contribution < 1.29 is 10.3 Å². The lowest BCUT2D eigenvalue weighted by Crippen LogP contribution is -2.29. The maximum Gasteiger partial charge on any atom is 0.241 e. The van der Waals surface area contributed by atoms with E-state index in [0.717, 1.165) is 19.6 Å². The first-order valence-electron chi connectivity index (χ1n) is 4.47. The van der Waals surface area contributed by atoms with Gasteiger partial charge in [-0.2, -0.15) is 0 Å². The van der Waals surface area contributed by atoms with E-state index < -0.39 is 0 Å². The molecule has 1 heterocycles. The molecular formula is C9H18N2O2. The van der Waals surface area contributed by atoms with Crippen molar-refractivity contribution in [2.24, 2.45) is 5.73 Å². The molecule has 0 aromatic carbocycles. The number of rotatable bonds is 3. The number of nitrogens with two attached hydrogens (primary N) is 1. The van der Waals surface area contributed by atoms with Crippen molar-refractivity contribution in [3.05, 3.63) is 12.2 Å². The lowest BCUT2D eigenvalue weighted by atomic mass is 10.1. The molecule has 4 heteroatoms. The molecule has 1 fully saturated rings. The molecule has 0 atom stereocenters. The number of piperidine rings is 1. The van der Waals surface area contributed by atoms with E-state index in [9.17, 15) is 4.79 Å². The molecule has 0 aromatic heterocycles. The first-order chi connectivity index (χ1) is 5.79. The quantitative estimate of drug-likeness (QED) is 0.614. The zero-order valence-corrected chi connectivity index (χ0v) is 7.83. The summed E-state index contributed by atoms with van der Waals surface area (Å²) in [6, 6.07) is 0. The maximum atomic E-state index is 10.4. The SMILES string of the molecule is NC(=O)C=CCN1CCCCC1.O. The minimum atomic E-state index is -0.355. The zero-order chi connectivity index (χ0) is 8.81. The van der Waals surface area contributed by atoms with Crippen LogP contribution in [0.2, 0.25) is 0 Å². The first-order valence-corrected chi connectivity index (χ1v) is 4.47. The number of carbonyl (C=O) groups is 1. The van der Waals surface area contributed by atoms with E-state index in [2.05, 4.69) is 4.90 Å². The number of primary amides is 1. The van der Waals surface area contributed by atoms with Gasteiger partial charge in [0.15, 0.2) is 0 Å². The lowest BCUT2D eigenvalue weighted by molar-refractivity contribution is -0.113. The number of nitrogens with zero attached hydrogens (tertiary/aromatic N) is 1. The summed E-state index contributed by atoms with van der Waals surface area (Å²) in [5, 5.41) is 0. The van der Waals surface area contributed by atoms with Crippen LogP contribution in [0.1, 0.15) is 19.3 Å². The third-order valence-corrected chi connectivity index (χ3v) is 2.09. The largest absolute Gasteiger partial charge is 0.412 e. The summed E-state index contributed by atoms with van der Waals surface area (Å²) >= 11 is 0. The van der Waals surface area contributed by atoms with E-state index in [1.54, 1.807) is 0 Å². The Hall–Kier alpha value is -0.870. The molecule has 4 nitrogen and oxygen atoms in total. The summed E-state index contributed by atoms with van der Waals surface area (Å²) in [4.78, 5) is 12.7. The fraction of sp³-hybridized carbons (Fsp3) is 0.667. The summed E-state index contributed by atoms with van der Waals surface area (Å²) in [6.45, 7) is 3.18. The predicted molar refractivity (Wildman–Crippen MR) is 52.2 cm³/mol. The second kappa shape index (κ2) is 6.62. The molecule has 0 radical (unpaired) electrons. The molecule has 1 amide bonds. The van der Waals surface area contributed by atoms with Gasteiger partial charge >= 0.3 is 0 Å². The predicted octanol–water partition coefficient (Wildman–Crippen LogP) is -0.311. The molecule has 1 aliphatic heterocycles. The van der Waals surface area contributed by atoms with Crippen LogP contribution in [0.15, 0.2) is 12.2 Å². The summed E-state index contributed by atoms with van der Waals surface area (Å²) < 4.78 is 0. The Balaban J connectivity index is 0.00000144. The molecule has 0 saturated carbocycles. The topological polar surface area (TPSA) is 77.8 Å². The van der Waals surface area contributed by atoms with Gasteiger partial charge in [0.25, 0.3) is 0 Å². The van der Waals surface area contributed by atoms with Gasteiger partial charge < -0.3 is 11.2 Å². The summed E-state index contributed by atoms with van der Waals surface area (Å²) in [5.41, 5.74) is 4.96. The van der Waals surface area contributed by atoms with Crippen molar-refractivity contribution in [2.75, 3.05) is 19.6 Å². The molecular weight excluding hydrogens is 168 g/mol. The smallest absolute Gasteiger partial charge is 0.241 e. The van der Waals surface area contributed by atoms with E-state index in [0.29, 0.717) is 0 Å². The minimum absolute atomic E-state index is 0. The zero-order valence-electron chi connectivity index (χ0n) is 7.83. The Kier molecular flexibility index (Phi) is 6.18. The highest BCUT2D eigenvalue weighted by Crippen LogP contribution is 2.07. The van der Waals surface area contributed by atoms with E-state index in [1.165, 1.54) is 25.3 Å². The van der Waals surface area contributed by atoms with E-state index in [1.807, 2.05) is 6.08 Å². The Morgan fingerprint density at radius 3 is 2.46 bits per heavy atom. The standard InChI is InChI=1S/C9H16N2O.H2O/c10-9(12)5-4-8-11-6-2-1-3-7-11;/h4-5H,1-3,6-8H2,(H2,10,12);1H2. The van der Waals surface area contributed by atoms with Crippen LogP contribution in [-0.4, -0.2) is 35.9 Å². The average Bonchev–Trinajstić information content (AvgIpc) is 2.05. The molecule has 1 aliphatic rings. The highest BCUT2D eigenvalue weighted by molar-refractivity contribution is 5.85. The molecule has 0 aromatic rings. The molecule has 0 aliphatic carbocycles. The third kappa shape index (κ3) is 5.38. The second-order valence-corrected chi connectivity index (χ2v) is 3.17. The average molecular weight is 186 g/mol. The van der Waals surface area contributed by atoms with Crippen LogP contribution < -0.4 is 5.73 Å². The van der Waals surface area contributed by atoms with Crippen LogP contribution in [0.4, 0.5) is 0 Å². The second-order valence-electron chi connectivity index (χ2n) is 3.17. The Morgan fingerprint density at radius 2 is 1.92 bits per heavy atom. The summed E-state index contributed by atoms with van der Waals surface area (Å²) in [6.07, 6.45) is 7.19. The maximum absolute atomic E-state index is 10.4. The van der Waals surface area contributed by atoms with Crippen LogP contribution >= 0.6 is 0 Å². The molecule has 76 valence electrons. The van der Waals surface area contributed by atoms with Gasteiger partial charge in [-0.1, -0.05) is 12.5 Å². The van der Waals surface area contributed by atoms with E-state index >= 15 is 0 Å². The fourth-order valence-corrected chi connectivity index (χ4v) is 1.46. The monoisotopic (exact) mass is 186 g/mol. The van der Waals surface area contributed by atoms with Crippen LogP contribution in [-0.2, 0) is 4.79 Å². The van der Waals surface area contributed by atoms with Crippen molar-refractivity contribution in [2.45, 2.75) is 19.3 Å². The van der Waals surface area contributed by atoms with Gasteiger partial charge in [0, 0.05) is 6.54 Å². The van der Waals surface area contributed by atoms with Gasteiger partial charge in [0.1, 0.15) is 0 Å². The molecule has 1 saturated heterocycles. The Labute approximate surface area is 78.7 Å². The van der Waals surface area contributed by atoms with Gasteiger partial charge in [0.05, 0.1) is 0 Å². The Morgan fingerprint density at radius 1 is 1.31 bits per heavy atom. The molecule has 4 N–H and O–H groups in total. The van der Waals surface area contributed by atoms with Gasteiger partial charge in [-0.3, -0.25) is 9.69 Å². The highest BCUT2D eigenvalue weighted by Gasteiger charge is 2.07. The van der Waals surface area contributed by atoms with Gasteiger partial charge in [0.2, 0.25) is 5.91 Å². The first kappa shape index (κ1) is 12.1. The molecule has 1 rings (SSSR count). The molecule has 0 bridgehead atoms. The molecule has 0 spiro atoms. The van der Waals surface area contributed by atoms with E-state index in [-0.39, 0.29) is 11.4 Å². The summed E-state index contributed by atoms with van der Waals surface area (Å²) in [5.74, 6) is -0.355. The number of carbonyl (C=O) groups excluding carboxylic acids is 1. The summed E-state index contributed by atoms with van der Waals surface area (Å²) in [7, 11) is 0. The van der Waals surface area contributed by atoms with Crippen LogP contribution in [0.3, 0.4) is 0 Å². The molecule has 0 unspecified atom stereocenters. The normalized spacial score (nSPS) is 18.5. The van der Waals surface area contributed by atoms with Crippen molar-refractivity contribution in [3.8, 4) is 0 Å². The third-order valence-electron chi connectivity index (χ3n) is 2.09. The van der Waals surface area contributed by atoms with Crippen LogP contribution in [0.5, 0.6) is 0 Å². The molecule has 13 heavy (non-hydrogen) atoms. The van der Waals surface area contributed by atoms with E-state index in [4.69, 9.17) is 5.73 Å². The number of hydrogen-bond donors (Lipinski definition) is 1. The van der Waals surface area contributed by atoms with Crippen molar-refractivity contribution in [3.63, 3.8) is 0 Å².